The molecule has 1 heterocycles. The van der Waals surface area contributed by atoms with Gasteiger partial charge in [0.2, 0.25) is 5.91 Å². The summed E-state index contributed by atoms with van der Waals surface area (Å²) in [6, 6.07) is 15.2. The van der Waals surface area contributed by atoms with Crippen LogP contribution in [-0.2, 0) is 22.6 Å². The maximum atomic E-state index is 12.5. The van der Waals surface area contributed by atoms with E-state index in [0.29, 0.717) is 24.4 Å². The van der Waals surface area contributed by atoms with Gasteiger partial charge >= 0.3 is 0 Å². The van der Waals surface area contributed by atoms with Gasteiger partial charge in [0, 0.05) is 23.8 Å². The van der Waals surface area contributed by atoms with Crippen LogP contribution in [0.4, 0.5) is 5.69 Å². The first-order valence-corrected chi connectivity index (χ1v) is 8.88. The normalized spacial score (nSPS) is 16.7. The first kappa shape index (κ1) is 18.0. The van der Waals surface area contributed by atoms with E-state index in [4.69, 9.17) is 4.74 Å². The number of anilines is 1. The van der Waals surface area contributed by atoms with Gasteiger partial charge in [-0.15, -0.1) is 0 Å². The van der Waals surface area contributed by atoms with E-state index in [1.54, 1.807) is 11.8 Å². The first-order chi connectivity index (χ1) is 12.4. The fourth-order valence-electron chi connectivity index (χ4n) is 3.06. The minimum absolute atomic E-state index is 0.0223. The summed E-state index contributed by atoms with van der Waals surface area (Å²) in [5, 5.41) is 2.93. The minimum atomic E-state index is -0.517. The second kappa shape index (κ2) is 7.60. The number of ether oxygens (including phenoxy) is 1. The lowest BCUT2D eigenvalue weighted by atomic mass is 10.1. The molecule has 1 N–H and O–H groups in total. The smallest absolute Gasteiger partial charge is 0.263 e. The van der Waals surface area contributed by atoms with Crippen LogP contribution < -0.4 is 10.1 Å². The molecule has 0 saturated carbocycles. The van der Waals surface area contributed by atoms with Crippen LogP contribution in [0.5, 0.6) is 5.75 Å². The van der Waals surface area contributed by atoms with Crippen LogP contribution in [0.1, 0.15) is 31.9 Å². The van der Waals surface area contributed by atoms with Crippen molar-refractivity contribution in [2.45, 2.75) is 45.9 Å². The van der Waals surface area contributed by atoms with Crippen molar-refractivity contribution in [2.75, 3.05) is 5.32 Å². The highest BCUT2D eigenvalue weighted by Gasteiger charge is 2.29. The van der Waals surface area contributed by atoms with Crippen molar-refractivity contribution < 1.29 is 14.3 Å². The van der Waals surface area contributed by atoms with Gasteiger partial charge in [-0.2, -0.15) is 0 Å². The van der Waals surface area contributed by atoms with Crippen LogP contribution in [0.15, 0.2) is 48.5 Å². The standard InChI is InChI=1S/C21H24N2O3/c1-14(2)23-13-17-12-18(9-10-19(17)26-15(3)21(23)25)22-20(24)11-16-7-5-4-6-8-16/h4-10,12,14-15H,11,13H2,1-3H3,(H,22,24)/t15-/m1/s1. The lowest BCUT2D eigenvalue weighted by molar-refractivity contribution is -0.139. The number of fused-ring (bicyclic) bond motifs is 1. The SMILES string of the molecule is CC(C)N1Cc2cc(NC(=O)Cc3ccccc3)ccc2O[C@H](C)C1=O. The molecule has 0 fully saturated rings. The van der Waals surface area contributed by atoms with E-state index in [1.807, 2.05) is 62.4 Å². The highest BCUT2D eigenvalue weighted by atomic mass is 16.5. The molecule has 2 amide bonds. The van der Waals surface area contributed by atoms with Gasteiger partial charge in [-0.25, -0.2) is 0 Å². The summed E-state index contributed by atoms with van der Waals surface area (Å²) in [6.45, 7) is 6.21. The van der Waals surface area contributed by atoms with E-state index in [1.165, 1.54) is 0 Å². The molecule has 0 aliphatic carbocycles. The average molecular weight is 352 g/mol. The second-order valence-corrected chi connectivity index (χ2v) is 6.85. The lowest BCUT2D eigenvalue weighted by Crippen LogP contribution is -2.41. The number of nitrogens with zero attached hydrogens (tertiary/aromatic N) is 1. The van der Waals surface area contributed by atoms with Crippen LogP contribution in [0.3, 0.4) is 0 Å². The Morgan fingerprint density at radius 2 is 1.96 bits per heavy atom. The van der Waals surface area contributed by atoms with Crippen molar-refractivity contribution in [3.63, 3.8) is 0 Å². The molecule has 1 aliphatic heterocycles. The van der Waals surface area contributed by atoms with E-state index in [2.05, 4.69) is 5.32 Å². The maximum Gasteiger partial charge on any atom is 0.263 e. The van der Waals surface area contributed by atoms with Gasteiger partial charge < -0.3 is 15.0 Å². The summed E-state index contributed by atoms with van der Waals surface area (Å²) in [5.41, 5.74) is 2.57. The quantitative estimate of drug-likeness (QED) is 0.918. The lowest BCUT2D eigenvalue weighted by Gasteiger charge is -2.26. The monoisotopic (exact) mass is 352 g/mol. The van der Waals surface area contributed by atoms with Crippen LogP contribution in [0.2, 0.25) is 0 Å². The summed E-state index contributed by atoms with van der Waals surface area (Å²) < 4.78 is 5.80. The molecule has 1 atom stereocenters. The fraction of sp³-hybridized carbons (Fsp3) is 0.333. The van der Waals surface area contributed by atoms with Crippen molar-refractivity contribution >= 4 is 17.5 Å². The van der Waals surface area contributed by atoms with Gasteiger partial charge in [-0.05, 0) is 44.5 Å². The van der Waals surface area contributed by atoms with Gasteiger partial charge in [-0.1, -0.05) is 30.3 Å². The fourth-order valence-corrected chi connectivity index (χ4v) is 3.06. The minimum Gasteiger partial charge on any atom is -0.481 e. The summed E-state index contributed by atoms with van der Waals surface area (Å²) in [4.78, 5) is 26.5. The number of benzene rings is 2. The number of hydrogen-bond acceptors (Lipinski definition) is 3. The van der Waals surface area contributed by atoms with Crippen molar-refractivity contribution in [3.8, 4) is 5.75 Å². The number of nitrogens with one attached hydrogen (secondary N) is 1. The summed E-state index contributed by atoms with van der Waals surface area (Å²) in [5.74, 6) is 0.594. The molecule has 0 aromatic heterocycles. The Labute approximate surface area is 154 Å². The number of carbonyl (C=O) groups is 2. The zero-order chi connectivity index (χ0) is 18.7. The van der Waals surface area contributed by atoms with Crippen molar-refractivity contribution in [2.24, 2.45) is 0 Å². The van der Waals surface area contributed by atoms with Crippen LogP contribution >= 0.6 is 0 Å². The molecule has 0 radical (unpaired) electrons. The highest BCUT2D eigenvalue weighted by molar-refractivity contribution is 5.92. The molecule has 136 valence electrons. The Kier molecular flexibility index (Phi) is 5.26. The van der Waals surface area contributed by atoms with E-state index in [0.717, 1.165) is 11.1 Å². The molecule has 1 aliphatic rings. The number of amides is 2. The largest absolute Gasteiger partial charge is 0.481 e. The molecule has 2 aromatic rings. The van der Waals surface area contributed by atoms with Crippen molar-refractivity contribution in [1.82, 2.24) is 4.90 Å². The molecule has 3 rings (SSSR count). The molecule has 0 saturated heterocycles. The van der Waals surface area contributed by atoms with E-state index >= 15 is 0 Å². The molecular formula is C21H24N2O3. The Bertz CT molecular complexity index is 802. The Morgan fingerprint density at radius 3 is 2.65 bits per heavy atom. The Hall–Kier alpha value is -2.82. The van der Waals surface area contributed by atoms with Crippen molar-refractivity contribution in [1.29, 1.82) is 0 Å². The van der Waals surface area contributed by atoms with E-state index in [-0.39, 0.29) is 17.9 Å². The molecule has 2 aromatic carbocycles. The van der Waals surface area contributed by atoms with Gasteiger partial charge in [0.25, 0.3) is 5.91 Å². The third kappa shape index (κ3) is 4.04. The second-order valence-electron chi connectivity index (χ2n) is 6.85. The molecule has 0 spiro atoms. The number of hydrogen-bond donors (Lipinski definition) is 1. The Morgan fingerprint density at radius 1 is 1.23 bits per heavy atom. The summed E-state index contributed by atoms with van der Waals surface area (Å²) in [6.07, 6.45) is -0.195. The van der Waals surface area contributed by atoms with E-state index in [9.17, 15) is 9.59 Å². The molecule has 5 nitrogen and oxygen atoms in total. The third-order valence-electron chi connectivity index (χ3n) is 4.45. The third-order valence-corrected chi connectivity index (χ3v) is 4.45. The predicted molar refractivity (Wildman–Crippen MR) is 101 cm³/mol. The number of carbonyl (C=O) groups excluding carboxylic acids is 2. The molecule has 0 bridgehead atoms. The predicted octanol–water partition coefficient (Wildman–Crippen LogP) is 3.39. The summed E-state index contributed by atoms with van der Waals surface area (Å²) >= 11 is 0. The van der Waals surface area contributed by atoms with Gasteiger partial charge in [-0.3, -0.25) is 9.59 Å². The van der Waals surface area contributed by atoms with Crippen LogP contribution in [0, 0.1) is 0 Å². The molecular weight excluding hydrogens is 328 g/mol. The molecule has 0 unspecified atom stereocenters. The maximum absolute atomic E-state index is 12.5. The highest BCUT2D eigenvalue weighted by Crippen LogP contribution is 2.29. The van der Waals surface area contributed by atoms with Crippen LogP contribution in [-0.4, -0.2) is 28.9 Å². The zero-order valence-electron chi connectivity index (χ0n) is 15.4. The van der Waals surface area contributed by atoms with Gasteiger partial charge in [0.1, 0.15) is 5.75 Å². The zero-order valence-corrected chi connectivity index (χ0v) is 15.4. The Balaban J connectivity index is 1.77. The van der Waals surface area contributed by atoms with Crippen LogP contribution in [0.25, 0.3) is 0 Å². The van der Waals surface area contributed by atoms with Gasteiger partial charge in [0.05, 0.1) is 6.42 Å². The van der Waals surface area contributed by atoms with E-state index < -0.39 is 6.10 Å². The van der Waals surface area contributed by atoms with Gasteiger partial charge in [0.15, 0.2) is 6.10 Å². The topological polar surface area (TPSA) is 58.6 Å². The molecule has 26 heavy (non-hydrogen) atoms. The van der Waals surface area contributed by atoms with Crippen molar-refractivity contribution in [3.05, 3.63) is 59.7 Å². The average Bonchev–Trinajstić information content (AvgIpc) is 2.73. The first-order valence-electron chi connectivity index (χ1n) is 8.88. The number of rotatable bonds is 4. The molecule has 5 heteroatoms. The summed E-state index contributed by atoms with van der Waals surface area (Å²) in [7, 11) is 0.